The number of nitrogens with zero attached hydrogens (tertiary/aromatic N) is 4. The minimum atomic E-state index is -0.850. The Bertz CT molecular complexity index is 1580. The van der Waals surface area contributed by atoms with Gasteiger partial charge in [0.2, 0.25) is 0 Å². The fraction of sp³-hybridized carbons (Fsp3) is 0.321. The predicted octanol–water partition coefficient (Wildman–Crippen LogP) is 6.29. The van der Waals surface area contributed by atoms with Gasteiger partial charge >= 0.3 is 0 Å². The van der Waals surface area contributed by atoms with E-state index in [2.05, 4.69) is 21.6 Å². The lowest BCUT2D eigenvalue weighted by molar-refractivity contribution is 0.147. The Kier molecular flexibility index (Phi) is 8.69. The predicted molar refractivity (Wildman–Crippen MR) is 158 cm³/mol. The Morgan fingerprint density at radius 2 is 1.73 bits per heavy atom. The number of aryl methyl sites for hydroxylation is 1. The van der Waals surface area contributed by atoms with Gasteiger partial charge in [-0.15, -0.1) is 3.89 Å². The molecule has 0 atom stereocenters. The zero-order valence-electron chi connectivity index (χ0n) is 22.4. The first-order chi connectivity index (χ1) is 19.3. The van der Waals surface area contributed by atoms with Crippen molar-refractivity contribution in [2.75, 3.05) is 43.7 Å². The van der Waals surface area contributed by atoms with E-state index in [0.29, 0.717) is 34.3 Å². The van der Waals surface area contributed by atoms with E-state index >= 15 is 0 Å². The number of pyridine rings is 1. The Balaban J connectivity index is 1.67. The molecule has 1 aliphatic heterocycles. The van der Waals surface area contributed by atoms with Crippen LogP contribution >= 0.6 is 24.3 Å². The van der Waals surface area contributed by atoms with Gasteiger partial charge in [0, 0.05) is 80.3 Å². The summed E-state index contributed by atoms with van der Waals surface area (Å²) in [5.41, 5.74) is 2.62. The second-order valence-corrected chi connectivity index (χ2v) is 11.3. The largest absolute Gasteiger partial charge is 0.454 e. The lowest BCUT2D eigenvalue weighted by atomic mass is 10.0. The molecule has 0 saturated carbocycles. The van der Waals surface area contributed by atoms with Gasteiger partial charge in [-0.05, 0) is 43.4 Å². The normalized spacial score (nSPS) is 14.7. The molecule has 1 N–H and O–H groups in total. The maximum atomic E-state index is 14.7. The summed E-state index contributed by atoms with van der Waals surface area (Å²) in [7, 11) is 3.71. The number of halogens is 3. The van der Waals surface area contributed by atoms with Crippen LogP contribution in [0.1, 0.15) is 12.6 Å². The lowest BCUT2D eigenvalue weighted by Gasteiger charge is -2.32. The van der Waals surface area contributed by atoms with Gasteiger partial charge in [-0.25, -0.2) is 8.78 Å². The van der Waals surface area contributed by atoms with Gasteiger partial charge in [0.05, 0.1) is 10.9 Å². The van der Waals surface area contributed by atoms with E-state index in [-0.39, 0.29) is 29.4 Å². The van der Waals surface area contributed by atoms with Gasteiger partial charge in [-0.1, -0.05) is 18.9 Å². The van der Waals surface area contributed by atoms with Crippen molar-refractivity contribution < 1.29 is 17.4 Å². The first kappa shape index (κ1) is 28.5. The molecule has 1 fully saturated rings. The van der Waals surface area contributed by atoms with Crippen molar-refractivity contribution in [1.29, 1.82) is 0 Å². The zero-order chi connectivity index (χ0) is 28.4. The van der Waals surface area contributed by atoms with E-state index in [4.69, 9.17) is 4.74 Å². The monoisotopic (exact) mass is 589 g/mol. The van der Waals surface area contributed by atoms with E-state index in [0.717, 1.165) is 49.8 Å². The van der Waals surface area contributed by atoms with Crippen LogP contribution in [0.4, 0.5) is 18.4 Å². The second-order valence-electron chi connectivity index (χ2n) is 9.72. The molecule has 2 aromatic carbocycles. The maximum absolute atomic E-state index is 14.7. The molecule has 0 aliphatic carbocycles. The van der Waals surface area contributed by atoms with Gasteiger partial charge in [-0.3, -0.25) is 13.7 Å². The van der Waals surface area contributed by atoms with Crippen molar-refractivity contribution >= 4 is 40.9 Å². The van der Waals surface area contributed by atoms with Gasteiger partial charge in [0.15, 0.2) is 23.9 Å². The number of rotatable bonds is 9. The van der Waals surface area contributed by atoms with Crippen molar-refractivity contribution in [2.45, 2.75) is 13.5 Å². The summed E-state index contributed by atoms with van der Waals surface area (Å²) in [6.45, 7) is 5.99. The average Bonchev–Trinajstić information content (AvgIpc) is 3.31. The topological polar surface area (TPSA) is 54.7 Å². The minimum Gasteiger partial charge on any atom is -0.454 e. The number of ether oxygens (including phenoxy) is 1. The molecule has 0 bridgehead atoms. The molecule has 3 heterocycles. The van der Waals surface area contributed by atoms with Crippen molar-refractivity contribution in [1.82, 2.24) is 18.3 Å². The third kappa shape index (κ3) is 5.85. The number of hydrogen-bond donors (Lipinski definition) is 1. The summed E-state index contributed by atoms with van der Waals surface area (Å²) >= 11 is 1.54. The van der Waals surface area contributed by atoms with Gasteiger partial charge in [0.25, 0.3) is 5.56 Å². The van der Waals surface area contributed by atoms with Gasteiger partial charge < -0.3 is 18.9 Å². The number of anilines is 1. The van der Waals surface area contributed by atoms with E-state index < -0.39 is 11.6 Å². The highest BCUT2D eigenvalue weighted by Gasteiger charge is 2.24. The number of nitrogens with one attached hydrogen (secondary N) is 1. The zero-order valence-corrected chi connectivity index (χ0v) is 24.1. The molecule has 12 heteroatoms. The highest BCUT2D eigenvalue weighted by molar-refractivity contribution is 8.00. The van der Waals surface area contributed by atoms with Crippen LogP contribution in [0.15, 0.2) is 53.5 Å². The molecule has 0 spiro atoms. The fourth-order valence-corrected chi connectivity index (χ4v) is 5.72. The molecule has 0 radical (unpaired) electrons. The molecule has 5 rings (SSSR count). The van der Waals surface area contributed by atoms with Crippen molar-refractivity contribution in [2.24, 2.45) is 7.05 Å². The Morgan fingerprint density at radius 3 is 2.42 bits per heavy atom. The summed E-state index contributed by atoms with van der Waals surface area (Å²) in [5, 5.41) is 0.370. The van der Waals surface area contributed by atoms with E-state index in [1.54, 1.807) is 31.4 Å². The average molecular weight is 590 g/mol. The molecule has 2 aromatic heterocycles. The van der Waals surface area contributed by atoms with Crippen LogP contribution in [0.5, 0.6) is 11.5 Å². The first-order valence-electron chi connectivity index (χ1n) is 12.9. The number of likely N-dealkylation sites (N-methyl/N-ethyl adjacent to an activating group) is 1. The summed E-state index contributed by atoms with van der Waals surface area (Å²) in [6, 6.07) is 10.1. The highest BCUT2D eigenvalue weighted by Crippen LogP contribution is 2.41. The van der Waals surface area contributed by atoms with E-state index in [1.807, 2.05) is 13.0 Å². The summed E-state index contributed by atoms with van der Waals surface area (Å²) in [6.07, 6.45) is 1.64. The minimum absolute atomic E-state index is 0.0453. The molecule has 1 aliphatic rings. The quantitative estimate of drug-likeness (QED) is 0.231. The van der Waals surface area contributed by atoms with Crippen molar-refractivity contribution in [3.05, 3.63) is 76.3 Å². The third-order valence-corrected chi connectivity index (χ3v) is 8.15. The number of piperazine rings is 1. The van der Waals surface area contributed by atoms with Gasteiger partial charge in [-0.2, -0.15) is 0 Å². The fourth-order valence-electron chi connectivity index (χ4n) is 4.81. The van der Waals surface area contributed by atoms with Crippen LogP contribution in [0.3, 0.4) is 0 Å². The highest BCUT2D eigenvalue weighted by atomic mass is 32.2. The van der Waals surface area contributed by atoms with Crippen LogP contribution in [0.2, 0.25) is 0 Å². The molecule has 7 nitrogen and oxygen atoms in total. The van der Waals surface area contributed by atoms with Crippen LogP contribution in [-0.4, -0.2) is 57.3 Å². The summed E-state index contributed by atoms with van der Waals surface area (Å²) in [4.78, 5) is 17.7. The molecule has 40 heavy (non-hydrogen) atoms. The van der Waals surface area contributed by atoms with Crippen LogP contribution in [-0.2, 0) is 13.6 Å². The molecule has 1 saturated heterocycles. The van der Waals surface area contributed by atoms with Crippen molar-refractivity contribution in [3.63, 3.8) is 0 Å². The number of benzene rings is 2. The smallest absolute Gasteiger partial charge is 0.259 e. The summed E-state index contributed by atoms with van der Waals surface area (Å²) in [5.74, 6) is -0.632. The van der Waals surface area contributed by atoms with Crippen LogP contribution in [0, 0.1) is 11.6 Å². The Labute approximate surface area is 239 Å². The Hall–Kier alpha value is -3.06. The molecular formula is C28H30F3N5O2S2. The molecule has 212 valence electrons. The lowest BCUT2D eigenvalue weighted by Crippen LogP contribution is -2.44. The van der Waals surface area contributed by atoms with Gasteiger partial charge in [0.1, 0.15) is 11.6 Å². The molecule has 0 unspecified atom stereocenters. The SMILES string of the molecule is CCSNc1ccc(Oc2ccc(F)cc2F)c(-c2cn(C)c(=O)c3cc(CN4CCN(C)CC4)n(SF)c23)c1. The molecular weight excluding hydrogens is 559 g/mol. The van der Waals surface area contributed by atoms with E-state index in [1.165, 1.54) is 26.6 Å². The maximum Gasteiger partial charge on any atom is 0.259 e. The van der Waals surface area contributed by atoms with Crippen LogP contribution in [0.25, 0.3) is 22.0 Å². The number of aromatic nitrogens is 2. The standard InChI is InChI=1S/C28H30F3N5O2S2/c1-4-39-32-19-6-8-25(38-26-7-5-18(29)13-24(26)30)21(14-19)23-17-34(3)28(37)22-15-20(36(40-31)27(22)23)16-35-11-9-33(2)10-12-35/h5-8,13-15,17,32H,4,9-12,16H2,1-3H3. The molecule has 4 aromatic rings. The number of fused-ring (bicyclic) bond motifs is 1. The summed E-state index contributed by atoms with van der Waals surface area (Å²) < 4.78 is 54.9. The number of hydrogen-bond acceptors (Lipinski definition) is 7. The second kappa shape index (κ2) is 12.2. The van der Waals surface area contributed by atoms with Crippen molar-refractivity contribution in [3.8, 4) is 22.6 Å². The van der Waals surface area contributed by atoms with Crippen LogP contribution < -0.4 is 15.0 Å². The Morgan fingerprint density at radius 1 is 0.975 bits per heavy atom. The third-order valence-electron chi connectivity index (χ3n) is 6.93. The van der Waals surface area contributed by atoms with E-state index in [9.17, 15) is 17.5 Å². The molecule has 0 amide bonds. The first-order valence-corrected chi connectivity index (χ1v) is 14.5.